The van der Waals surface area contributed by atoms with Crippen LogP contribution in [0.2, 0.25) is 0 Å². The van der Waals surface area contributed by atoms with Gasteiger partial charge in [-0.05, 0) is 0 Å². The topological polar surface area (TPSA) is 73.9 Å². The fourth-order valence-corrected chi connectivity index (χ4v) is 2.69. The first-order valence-electron chi connectivity index (χ1n) is 5.65. The van der Waals surface area contributed by atoms with E-state index in [0.717, 1.165) is 18.1 Å². The number of nitrogens with zero attached hydrogens (tertiary/aromatic N) is 3. The summed E-state index contributed by atoms with van der Waals surface area (Å²) in [5.41, 5.74) is 0. The van der Waals surface area contributed by atoms with Gasteiger partial charge in [0.05, 0.1) is 6.54 Å². The molecule has 0 bridgehead atoms. The Bertz CT molecular complexity index is 350. The second-order valence-corrected chi connectivity index (χ2v) is 5.26. The van der Waals surface area contributed by atoms with Crippen molar-refractivity contribution in [3.05, 3.63) is 12.2 Å². The largest absolute Gasteiger partial charge is 0.338 e. The van der Waals surface area contributed by atoms with Crippen molar-refractivity contribution in [2.24, 2.45) is 0 Å². The van der Waals surface area contributed by atoms with Crippen LogP contribution >= 0.6 is 11.8 Å². The molecule has 2 heterocycles. The summed E-state index contributed by atoms with van der Waals surface area (Å²) in [4.78, 5) is 17.6. The minimum atomic E-state index is 0.140. The first-order valence-corrected chi connectivity index (χ1v) is 6.80. The Balaban J connectivity index is 1.78. The average Bonchev–Trinajstić information content (AvgIpc) is 2.83. The van der Waals surface area contributed by atoms with Gasteiger partial charge in [-0.2, -0.15) is 16.9 Å². The van der Waals surface area contributed by atoms with E-state index in [2.05, 4.69) is 20.5 Å². The maximum atomic E-state index is 12.0. The molecule has 1 saturated heterocycles. The quantitative estimate of drug-likeness (QED) is 0.783. The Hall–Kier alpha value is -1.08. The van der Waals surface area contributed by atoms with Crippen molar-refractivity contribution >= 4 is 17.7 Å². The van der Waals surface area contributed by atoms with E-state index in [1.54, 1.807) is 11.9 Å². The van der Waals surface area contributed by atoms with Gasteiger partial charge in [-0.3, -0.25) is 9.89 Å². The van der Waals surface area contributed by atoms with E-state index in [-0.39, 0.29) is 5.91 Å². The van der Waals surface area contributed by atoms with Crippen molar-refractivity contribution in [2.75, 3.05) is 25.1 Å². The van der Waals surface area contributed by atoms with Gasteiger partial charge in [-0.1, -0.05) is 0 Å². The van der Waals surface area contributed by atoms with E-state index in [1.165, 1.54) is 6.33 Å². The zero-order valence-corrected chi connectivity index (χ0v) is 10.7. The van der Waals surface area contributed by atoms with Gasteiger partial charge in [0.25, 0.3) is 0 Å². The number of rotatable bonds is 4. The minimum absolute atomic E-state index is 0.140. The molecule has 0 spiro atoms. The normalized spacial score (nSPS) is 20.2. The summed E-state index contributed by atoms with van der Waals surface area (Å²) in [7, 11) is 1.79. The number of hydrogen-bond donors (Lipinski definition) is 2. The molecule has 1 aromatic heterocycles. The van der Waals surface area contributed by atoms with Gasteiger partial charge in [0, 0.05) is 37.6 Å². The van der Waals surface area contributed by atoms with E-state index in [9.17, 15) is 4.79 Å². The number of amides is 1. The number of nitrogens with one attached hydrogen (secondary N) is 2. The number of H-pyrrole nitrogens is 1. The highest BCUT2D eigenvalue weighted by Gasteiger charge is 2.19. The molecule has 0 saturated carbocycles. The molecule has 1 atom stereocenters. The Morgan fingerprint density at radius 2 is 2.59 bits per heavy atom. The molecule has 17 heavy (non-hydrogen) atoms. The summed E-state index contributed by atoms with van der Waals surface area (Å²) in [6, 6.07) is 0.304. The number of aromatic nitrogens is 3. The molecule has 1 amide bonds. The number of hydrogen-bond acceptors (Lipinski definition) is 5. The van der Waals surface area contributed by atoms with Crippen LogP contribution in [0.15, 0.2) is 6.33 Å². The second-order valence-electron chi connectivity index (χ2n) is 4.11. The summed E-state index contributed by atoms with van der Waals surface area (Å²) in [6.45, 7) is 1.48. The van der Waals surface area contributed by atoms with Gasteiger partial charge >= 0.3 is 0 Å². The van der Waals surface area contributed by atoms with Crippen LogP contribution in [0.3, 0.4) is 0 Å². The molecule has 6 nitrogen and oxygen atoms in total. The predicted octanol–water partition coefficient (Wildman–Crippen LogP) is -0.142. The molecule has 2 rings (SSSR count). The third kappa shape index (κ3) is 3.71. The van der Waals surface area contributed by atoms with E-state index in [0.29, 0.717) is 24.8 Å². The molecule has 0 aliphatic carbocycles. The third-order valence-electron chi connectivity index (χ3n) is 2.70. The van der Waals surface area contributed by atoms with Crippen LogP contribution < -0.4 is 5.32 Å². The van der Waals surface area contributed by atoms with Gasteiger partial charge in [-0.15, -0.1) is 0 Å². The zero-order valence-electron chi connectivity index (χ0n) is 9.85. The van der Waals surface area contributed by atoms with Crippen molar-refractivity contribution in [2.45, 2.75) is 19.0 Å². The maximum absolute atomic E-state index is 12.0. The lowest BCUT2D eigenvalue weighted by Gasteiger charge is -2.24. The summed E-state index contributed by atoms with van der Waals surface area (Å²) >= 11 is 1.90. The van der Waals surface area contributed by atoms with E-state index in [4.69, 9.17) is 0 Å². The lowest BCUT2D eigenvalue weighted by atomic mass is 10.2. The number of carbonyl (C=O) groups is 1. The van der Waals surface area contributed by atoms with Crippen LogP contribution in [-0.4, -0.2) is 57.1 Å². The SMILES string of the molecule is CN(Cc1ncn[nH]1)C(=O)CC1CSCCN1. The minimum Gasteiger partial charge on any atom is -0.338 e. The zero-order chi connectivity index (χ0) is 12.1. The highest BCUT2D eigenvalue weighted by Crippen LogP contribution is 2.11. The van der Waals surface area contributed by atoms with Crippen molar-refractivity contribution in [1.29, 1.82) is 0 Å². The second kappa shape index (κ2) is 6.02. The molecular formula is C10H17N5OS. The number of thioether (sulfide) groups is 1. The molecule has 1 aliphatic heterocycles. The predicted molar refractivity (Wildman–Crippen MR) is 66.6 cm³/mol. The standard InChI is InChI=1S/C10H17N5OS/c1-15(5-9-12-7-13-14-9)10(16)4-8-6-17-3-2-11-8/h7-8,11H,2-6H2,1H3,(H,12,13,14). The Labute approximate surface area is 105 Å². The number of aromatic amines is 1. The fourth-order valence-electron chi connectivity index (χ4n) is 1.74. The molecular weight excluding hydrogens is 238 g/mol. The molecule has 1 unspecified atom stereocenters. The van der Waals surface area contributed by atoms with Crippen molar-refractivity contribution in [3.8, 4) is 0 Å². The summed E-state index contributed by atoms with van der Waals surface area (Å²) in [6.07, 6.45) is 2.00. The highest BCUT2D eigenvalue weighted by molar-refractivity contribution is 7.99. The van der Waals surface area contributed by atoms with Gasteiger partial charge in [0.1, 0.15) is 12.2 Å². The van der Waals surface area contributed by atoms with Crippen molar-refractivity contribution in [1.82, 2.24) is 25.4 Å². The molecule has 2 N–H and O–H groups in total. The van der Waals surface area contributed by atoms with Crippen molar-refractivity contribution in [3.63, 3.8) is 0 Å². The van der Waals surface area contributed by atoms with Crippen LogP contribution in [0.25, 0.3) is 0 Å². The van der Waals surface area contributed by atoms with Gasteiger partial charge in [-0.25, -0.2) is 4.98 Å². The lowest BCUT2D eigenvalue weighted by Crippen LogP contribution is -2.41. The van der Waals surface area contributed by atoms with Crippen LogP contribution in [0.5, 0.6) is 0 Å². The molecule has 1 aromatic rings. The summed E-state index contributed by atoms with van der Waals surface area (Å²) in [5, 5.41) is 9.87. The van der Waals surface area contributed by atoms with Crippen LogP contribution in [0.1, 0.15) is 12.2 Å². The summed E-state index contributed by atoms with van der Waals surface area (Å²) < 4.78 is 0. The third-order valence-corrected chi connectivity index (χ3v) is 3.83. The monoisotopic (exact) mass is 255 g/mol. The fraction of sp³-hybridized carbons (Fsp3) is 0.700. The van der Waals surface area contributed by atoms with Gasteiger partial charge in [0.15, 0.2) is 0 Å². The lowest BCUT2D eigenvalue weighted by molar-refractivity contribution is -0.130. The van der Waals surface area contributed by atoms with Gasteiger partial charge < -0.3 is 10.2 Å². The molecule has 7 heteroatoms. The molecule has 1 aliphatic rings. The van der Waals surface area contributed by atoms with Gasteiger partial charge in [0.2, 0.25) is 5.91 Å². The Kier molecular flexibility index (Phi) is 4.38. The van der Waals surface area contributed by atoms with Crippen LogP contribution in [0, 0.1) is 0 Å². The van der Waals surface area contributed by atoms with Crippen LogP contribution in [0.4, 0.5) is 0 Å². The highest BCUT2D eigenvalue weighted by atomic mass is 32.2. The first kappa shape index (κ1) is 12.4. The molecule has 0 aromatic carbocycles. The summed E-state index contributed by atoms with van der Waals surface area (Å²) in [5.74, 6) is 3.01. The van der Waals surface area contributed by atoms with E-state index >= 15 is 0 Å². The molecule has 0 radical (unpaired) electrons. The van der Waals surface area contributed by atoms with Crippen molar-refractivity contribution < 1.29 is 4.79 Å². The smallest absolute Gasteiger partial charge is 0.224 e. The number of carbonyl (C=O) groups excluding carboxylic acids is 1. The maximum Gasteiger partial charge on any atom is 0.224 e. The van der Waals surface area contributed by atoms with E-state index in [1.807, 2.05) is 11.8 Å². The molecule has 94 valence electrons. The first-order chi connectivity index (χ1) is 8.25. The Morgan fingerprint density at radius 1 is 1.71 bits per heavy atom. The average molecular weight is 255 g/mol. The van der Waals surface area contributed by atoms with E-state index < -0.39 is 0 Å². The molecule has 1 fully saturated rings. The van der Waals surface area contributed by atoms with Crippen LogP contribution in [-0.2, 0) is 11.3 Å². The Morgan fingerprint density at radius 3 is 3.24 bits per heavy atom.